The molecule has 2 N–H and O–H groups in total. The molecule has 3 aromatic rings. The fourth-order valence-electron chi connectivity index (χ4n) is 4.09. The number of benzene rings is 1. The van der Waals surface area contributed by atoms with E-state index in [0.29, 0.717) is 37.4 Å². The molecule has 6 nitrogen and oxygen atoms in total. The molecular weight excluding hydrogens is 398 g/mol. The number of aryl methyl sites for hydroxylation is 1. The summed E-state index contributed by atoms with van der Waals surface area (Å²) < 4.78 is 5.24. The number of hydrogen-bond acceptors (Lipinski definition) is 5. The molecular formula is C23H25N3O3S. The van der Waals surface area contributed by atoms with Crippen LogP contribution < -0.4 is 5.73 Å². The standard InChI is InChI=1S/C23H25N3O3S/c1-2-5-18-13-19(25-29-18)21(27)26-10-9-23(15-26,22(24)28)14-16-6-3-7-17(12-16)20-8-4-11-30-20/h3-4,6-8,11-13H,2,5,9-10,14-15H2,1H3,(H2,24,28)/t23-/m0/s1. The summed E-state index contributed by atoms with van der Waals surface area (Å²) in [5, 5.41) is 5.96. The van der Waals surface area contributed by atoms with E-state index in [9.17, 15) is 9.59 Å². The third-order valence-corrected chi connectivity index (χ3v) is 6.63. The molecule has 4 rings (SSSR count). The number of amides is 2. The van der Waals surface area contributed by atoms with Crippen LogP contribution in [0.1, 0.15) is 41.6 Å². The molecule has 0 unspecified atom stereocenters. The van der Waals surface area contributed by atoms with Gasteiger partial charge in [0.15, 0.2) is 5.69 Å². The summed E-state index contributed by atoms with van der Waals surface area (Å²) in [7, 11) is 0. The second-order valence-electron chi connectivity index (χ2n) is 7.90. The molecule has 2 aromatic heterocycles. The van der Waals surface area contributed by atoms with E-state index in [1.807, 2.05) is 30.5 Å². The van der Waals surface area contributed by atoms with E-state index in [2.05, 4.69) is 23.4 Å². The van der Waals surface area contributed by atoms with Gasteiger partial charge in [-0.2, -0.15) is 0 Å². The van der Waals surface area contributed by atoms with Gasteiger partial charge in [-0.1, -0.05) is 42.4 Å². The van der Waals surface area contributed by atoms with E-state index in [0.717, 1.165) is 24.0 Å². The molecule has 0 spiro atoms. The second-order valence-corrected chi connectivity index (χ2v) is 8.85. The molecule has 1 aliphatic heterocycles. The number of aromatic nitrogens is 1. The lowest BCUT2D eigenvalue weighted by Crippen LogP contribution is -2.42. The zero-order valence-electron chi connectivity index (χ0n) is 17.0. The van der Waals surface area contributed by atoms with Gasteiger partial charge in [0, 0.05) is 30.5 Å². The zero-order chi connectivity index (χ0) is 21.1. The van der Waals surface area contributed by atoms with E-state index in [1.165, 1.54) is 4.88 Å². The minimum absolute atomic E-state index is 0.212. The second kappa shape index (κ2) is 8.44. The van der Waals surface area contributed by atoms with E-state index in [4.69, 9.17) is 10.3 Å². The van der Waals surface area contributed by atoms with Crippen molar-refractivity contribution in [1.29, 1.82) is 0 Å². The predicted octanol–water partition coefficient (Wildman–Crippen LogP) is 3.92. The lowest BCUT2D eigenvalue weighted by atomic mass is 9.80. The summed E-state index contributed by atoms with van der Waals surface area (Å²) in [5.41, 5.74) is 7.53. The number of likely N-dealkylation sites (tertiary alicyclic amines) is 1. The van der Waals surface area contributed by atoms with Crippen LogP contribution in [0.15, 0.2) is 52.4 Å². The molecule has 1 aliphatic rings. The average Bonchev–Trinajstić information content (AvgIpc) is 3.49. The first kappa shape index (κ1) is 20.3. The molecule has 1 aromatic carbocycles. The van der Waals surface area contributed by atoms with Gasteiger partial charge in [0.1, 0.15) is 5.76 Å². The van der Waals surface area contributed by atoms with Crippen LogP contribution in [0.2, 0.25) is 0 Å². The summed E-state index contributed by atoms with van der Waals surface area (Å²) in [6, 6.07) is 14.0. The van der Waals surface area contributed by atoms with Gasteiger partial charge >= 0.3 is 0 Å². The minimum Gasteiger partial charge on any atom is -0.369 e. The number of carbonyl (C=O) groups excluding carboxylic acids is 2. The first-order chi connectivity index (χ1) is 14.5. The maximum absolute atomic E-state index is 12.9. The van der Waals surface area contributed by atoms with Crippen molar-refractivity contribution in [3.63, 3.8) is 0 Å². The van der Waals surface area contributed by atoms with E-state index < -0.39 is 5.41 Å². The quantitative estimate of drug-likeness (QED) is 0.624. The Morgan fingerprint density at radius 3 is 2.87 bits per heavy atom. The Morgan fingerprint density at radius 1 is 1.27 bits per heavy atom. The highest BCUT2D eigenvalue weighted by Crippen LogP contribution is 2.36. The molecule has 3 heterocycles. The highest BCUT2D eigenvalue weighted by atomic mass is 32.1. The number of nitrogens with zero attached hydrogens (tertiary/aromatic N) is 2. The molecule has 156 valence electrons. The van der Waals surface area contributed by atoms with Crippen molar-refractivity contribution in [2.45, 2.75) is 32.6 Å². The van der Waals surface area contributed by atoms with Crippen molar-refractivity contribution in [1.82, 2.24) is 10.1 Å². The lowest BCUT2D eigenvalue weighted by molar-refractivity contribution is -0.126. The fraction of sp³-hybridized carbons (Fsp3) is 0.348. The molecule has 30 heavy (non-hydrogen) atoms. The Kier molecular flexibility index (Phi) is 5.72. The monoisotopic (exact) mass is 423 g/mol. The Balaban J connectivity index is 1.52. The molecule has 1 fully saturated rings. The minimum atomic E-state index is -0.778. The number of nitrogens with two attached hydrogens (primary N) is 1. The molecule has 0 aliphatic carbocycles. The zero-order valence-corrected chi connectivity index (χ0v) is 17.8. The molecule has 2 amide bonds. The topological polar surface area (TPSA) is 89.4 Å². The van der Waals surface area contributed by atoms with Crippen LogP contribution in [0.5, 0.6) is 0 Å². The molecule has 0 radical (unpaired) electrons. The van der Waals surface area contributed by atoms with Gasteiger partial charge < -0.3 is 15.2 Å². The lowest BCUT2D eigenvalue weighted by Gasteiger charge is -2.26. The highest BCUT2D eigenvalue weighted by molar-refractivity contribution is 7.13. The number of primary amides is 1. The van der Waals surface area contributed by atoms with E-state index >= 15 is 0 Å². The third-order valence-electron chi connectivity index (χ3n) is 5.71. The van der Waals surface area contributed by atoms with Gasteiger partial charge in [-0.15, -0.1) is 11.3 Å². The molecule has 0 bridgehead atoms. The van der Waals surface area contributed by atoms with Crippen LogP contribution in [0, 0.1) is 5.41 Å². The molecule has 1 atom stereocenters. The van der Waals surface area contributed by atoms with E-state index in [1.54, 1.807) is 22.3 Å². The predicted molar refractivity (Wildman–Crippen MR) is 116 cm³/mol. The maximum Gasteiger partial charge on any atom is 0.276 e. The average molecular weight is 424 g/mol. The van der Waals surface area contributed by atoms with Gasteiger partial charge in [-0.25, -0.2) is 0 Å². The largest absolute Gasteiger partial charge is 0.369 e. The molecule has 0 saturated carbocycles. The number of rotatable bonds is 7. The summed E-state index contributed by atoms with van der Waals surface area (Å²) in [6.45, 7) is 2.81. The van der Waals surface area contributed by atoms with Crippen LogP contribution >= 0.6 is 11.3 Å². The normalized spacial score (nSPS) is 18.6. The van der Waals surface area contributed by atoms with Gasteiger partial charge in [0.2, 0.25) is 5.91 Å². The van der Waals surface area contributed by atoms with Crippen molar-refractivity contribution in [2.75, 3.05) is 13.1 Å². The van der Waals surface area contributed by atoms with Gasteiger partial charge in [-0.05, 0) is 41.8 Å². The van der Waals surface area contributed by atoms with Crippen molar-refractivity contribution in [2.24, 2.45) is 11.1 Å². The Bertz CT molecular complexity index is 1040. The van der Waals surface area contributed by atoms with Crippen LogP contribution in [-0.2, 0) is 17.6 Å². The summed E-state index contributed by atoms with van der Waals surface area (Å²) in [6.07, 6.45) is 2.70. The Labute approximate surface area is 179 Å². The van der Waals surface area contributed by atoms with Crippen LogP contribution in [0.25, 0.3) is 10.4 Å². The number of carbonyl (C=O) groups is 2. The Hall–Kier alpha value is -2.93. The van der Waals surface area contributed by atoms with Gasteiger partial charge in [-0.3, -0.25) is 9.59 Å². The highest BCUT2D eigenvalue weighted by Gasteiger charge is 2.45. The summed E-state index contributed by atoms with van der Waals surface area (Å²) >= 11 is 1.68. The maximum atomic E-state index is 12.9. The van der Waals surface area contributed by atoms with Crippen molar-refractivity contribution in [3.05, 3.63) is 64.9 Å². The van der Waals surface area contributed by atoms with Crippen LogP contribution in [0.4, 0.5) is 0 Å². The molecule has 1 saturated heterocycles. The summed E-state index contributed by atoms with van der Waals surface area (Å²) in [4.78, 5) is 28.2. The van der Waals surface area contributed by atoms with Crippen molar-refractivity contribution < 1.29 is 14.1 Å². The first-order valence-electron chi connectivity index (χ1n) is 10.2. The van der Waals surface area contributed by atoms with Gasteiger partial charge in [0.05, 0.1) is 5.41 Å². The van der Waals surface area contributed by atoms with Crippen LogP contribution in [-0.4, -0.2) is 35.0 Å². The van der Waals surface area contributed by atoms with Gasteiger partial charge in [0.25, 0.3) is 5.91 Å². The van der Waals surface area contributed by atoms with Crippen molar-refractivity contribution >= 4 is 23.2 Å². The number of hydrogen-bond donors (Lipinski definition) is 1. The summed E-state index contributed by atoms with van der Waals surface area (Å²) in [5.74, 6) is 0.120. The fourth-order valence-corrected chi connectivity index (χ4v) is 4.81. The smallest absolute Gasteiger partial charge is 0.276 e. The number of thiophene rings is 1. The SMILES string of the molecule is CCCc1cc(C(=O)N2CC[C@@](Cc3cccc(-c4cccs4)c3)(C(N)=O)C2)no1. The van der Waals surface area contributed by atoms with Crippen molar-refractivity contribution in [3.8, 4) is 10.4 Å². The molecule has 7 heteroatoms. The first-order valence-corrected chi connectivity index (χ1v) is 11.1. The van der Waals surface area contributed by atoms with E-state index in [-0.39, 0.29) is 11.8 Å². The van der Waals surface area contributed by atoms with Crippen LogP contribution in [0.3, 0.4) is 0 Å². The third kappa shape index (κ3) is 4.03. The Morgan fingerprint density at radius 2 is 2.13 bits per heavy atom.